The van der Waals surface area contributed by atoms with Crippen LogP contribution in [0.1, 0.15) is 19.3 Å². The molecule has 0 aliphatic carbocycles. The van der Waals surface area contributed by atoms with Gasteiger partial charge in [-0.25, -0.2) is 0 Å². The maximum Gasteiger partial charge on any atom is 0.0912 e. The third-order valence-corrected chi connectivity index (χ3v) is 2.03. The minimum Gasteiger partial charge on any atom is -0.302 e. The first kappa shape index (κ1) is 8.29. The van der Waals surface area contributed by atoms with E-state index < -0.39 is 0 Å². The van der Waals surface area contributed by atoms with E-state index >= 15 is 0 Å². The van der Waals surface area contributed by atoms with Crippen LogP contribution in [-0.2, 0) is 0 Å². The van der Waals surface area contributed by atoms with Gasteiger partial charge >= 0.3 is 0 Å². The molecule has 0 amide bonds. The second-order valence-corrected chi connectivity index (χ2v) is 3.13. The lowest BCUT2D eigenvalue weighted by atomic mass is 10.1. The topological polar surface area (TPSA) is 27.0 Å². The van der Waals surface area contributed by atoms with Gasteiger partial charge in [-0.05, 0) is 38.4 Å². The Morgan fingerprint density at radius 3 is 3.09 bits per heavy atom. The molecule has 0 bridgehead atoms. The van der Waals surface area contributed by atoms with E-state index in [2.05, 4.69) is 18.0 Å². The number of likely N-dealkylation sites (tertiary alicyclic amines) is 1. The van der Waals surface area contributed by atoms with Crippen LogP contribution in [0.4, 0.5) is 0 Å². The number of allylic oxidation sites excluding steroid dienone is 1. The van der Waals surface area contributed by atoms with Crippen LogP contribution in [0.25, 0.3) is 0 Å². The molecule has 0 aromatic heterocycles. The molecule has 1 saturated heterocycles. The van der Waals surface area contributed by atoms with Crippen molar-refractivity contribution in [2.45, 2.75) is 19.3 Å². The van der Waals surface area contributed by atoms with E-state index in [0.29, 0.717) is 0 Å². The lowest BCUT2D eigenvalue weighted by Gasteiger charge is -2.12. The summed E-state index contributed by atoms with van der Waals surface area (Å²) >= 11 is 0. The lowest BCUT2D eigenvalue weighted by molar-refractivity contribution is 0.371. The van der Waals surface area contributed by atoms with Crippen molar-refractivity contribution >= 4 is 0 Å². The Morgan fingerprint density at radius 1 is 1.55 bits per heavy atom. The molecule has 0 saturated carbocycles. The largest absolute Gasteiger partial charge is 0.302 e. The second kappa shape index (κ2) is 4.15. The monoisotopic (exact) mass is 150 g/mol. The smallest absolute Gasteiger partial charge is 0.0912 e. The minimum atomic E-state index is 0.980. The highest BCUT2D eigenvalue weighted by Crippen LogP contribution is 2.13. The summed E-state index contributed by atoms with van der Waals surface area (Å²) < 4.78 is 0. The summed E-state index contributed by atoms with van der Waals surface area (Å²) in [5.74, 6) is 0. The molecule has 60 valence electrons. The van der Waals surface area contributed by atoms with Crippen LogP contribution in [-0.4, -0.2) is 25.0 Å². The van der Waals surface area contributed by atoms with Crippen molar-refractivity contribution in [1.29, 1.82) is 5.26 Å². The summed E-state index contributed by atoms with van der Waals surface area (Å²) in [5, 5.41) is 8.45. The van der Waals surface area contributed by atoms with Gasteiger partial charge in [-0.2, -0.15) is 5.26 Å². The quantitative estimate of drug-likeness (QED) is 0.490. The van der Waals surface area contributed by atoms with Crippen molar-refractivity contribution in [1.82, 2.24) is 4.90 Å². The van der Waals surface area contributed by atoms with Crippen LogP contribution in [0.15, 0.2) is 11.6 Å². The van der Waals surface area contributed by atoms with E-state index in [1.54, 1.807) is 6.08 Å². The average Bonchev–Trinajstić information content (AvgIpc) is 2.15. The Balaban J connectivity index is 2.54. The van der Waals surface area contributed by atoms with Crippen molar-refractivity contribution in [2.75, 3.05) is 20.1 Å². The molecule has 2 nitrogen and oxygen atoms in total. The lowest BCUT2D eigenvalue weighted by Crippen LogP contribution is -2.19. The predicted molar refractivity (Wildman–Crippen MR) is 45.0 cm³/mol. The van der Waals surface area contributed by atoms with E-state index in [9.17, 15) is 0 Å². The minimum absolute atomic E-state index is 0.980. The van der Waals surface area contributed by atoms with Gasteiger partial charge in [0, 0.05) is 12.6 Å². The van der Waals surface area contributed by atoms with Crippen LogP contribution in [0.3, 0.4) is 0 Å². The van der Waals surface area contributed by atoms with Crippen LogP contribution in [0.2, 0.25) is 0 Å². The summed E-state index contributed by atoms with van der Waals surface area (Å²) in [7, 11) is 2.11. The van der Waals surface area contributed by atoms with Crippen molar-refractivity contribution < 1.29 is 0 Å². The summed E-state index contributed by atoms with van der Waals surface area (Å²) in [6, 6.07) is 2.10. The molecule has 11 heavy (non-hydrogen) atoms. The van der Waals surface area contributed by atoms with Gasteiger partial charge in [0.15, 0.2) is 0 Å². The van der Waals surface area contributed by atoms with E-state index in [1.165, 1.54) is 25.0 Å². The Kier molecular flexibility index (Phi) is 3.13. The first-order valence-electron chi connectivity index (χ1n) is 4.09. The van der Waals surface area contributed by atoms with Crippen LogP contribution >= 0.6 is 0 Å². The molecule has 0 aromatic rings. The highest BCUT2D eigenvalue weighted by Gasteiger charge is 2.07. The molecule has 0 unspecified atom stereocenters. The van der Waals surface area contributed by atoms with Gasteiger partial charge in [0.25, 0.3) is 0 Å². The molecule has 0 atom stereocenters. The van der Waals surface area contributed by atoms with Crippen molar-refractivity contribution in [3.63, 3.8) is 0 Å². The molecule has 0 spiro atoms. The van der Waals surface area contributed by atoms with Gasteiger partial charge in [-0.1, -0.05) is 0 Å². The van der Waals surface area contributed by atoms with Gasteiger partial charge in [-0.15, -0.1) is 0 Å². The van der Waals surface area contributed by atoms with Crippen molar-refractivity contribution in [3.8, 4) is 6.07 Å². The number of hydrogen-bond acceptors (Lipinski definition) is 2. The number of nitrogens with zero attached hydrogens (tertiary/aromatic N) is 2. The number of rotatable bonds is 0. The summed E-state index contributed by atoms with van der Waals surface area (Å²) in [4.78, 5) is 2.27. The normalized spacial score (nSPS) is 24.5. The van der Waals surface area contributed by atoms with Crippen LogP contribution in [0.5, 0.6) is 0 Å². The second-order valence-electron chi connectivity index (χ2n) is 3.13. The van der Waals surface area contributed by atoms with E-state index in [-0.39, 0.29) is 0 Å². The highest BCUT2D eigenvalue weighted by molar-refractivity contribution is 5.15. The fraction of sp³-hybridized carbons (Fsp3) is 0.667. The average molecular weight is 150 g/mol. The number of likely N-dealkylation sites (N-methyl/N-ethyl adjacent to an activating group) is 1. The van der Waals surface area contributed by atoms with Gasteiger partial charge < -0.3 is 4.90 Å². The molecule has 0 aromatic carbocycles. The molecular weight excluding hydrogens is 136 g/mol. The molecule has 0 radical (unpaired) electrons. The van der Waals surface area contributed by atoms with Crippen LogP contribution < -0.4 is 0 Å². The van der Waals surface area contributed by atoms with Gasteiger partial charge in [0.05, 0.1) is 6.07 Å². The molecule has 1 aliphatic rings. The van der Waals surface area contributed by atoms with E-state index in [1.807, 2.05) is 0 Å². The highest BCUT2D eigenvalue weighted by atomic mass is 15.1. The van der Waals surface area contributed by atoms with Gasteiger partial charge in [-0.3, -0.25) is 0 Å². The van der Waals surface area contributed by atoms with Gasteiger partial charge in [0.1, 0.15) is 0 Å². The molecule has 1 fully saturated rings. The Bertz CT molecular complexity index is 188. The Morgan fingerprint density at radius 2 is 2.36 bits per heavy atom. The van der Waals surface area contributed by atoms with E-state index in [4.69, 9.17) is 5.26 Å². The standard InChI is InChI=1S/C9H14N2/c1-11-7-3-2-4-9(8-11)5-6-10/h5H,2-4,7-8H2,1H3/b9-5-. The molecule has 1 rings (SSSR count). The van der Waals surface area contributed by atoms with Crippen molar-refractivity contribution in [3.05, 3.63) is 11.6 Å². The maximum absolute atomic E-state index is 8.45. The molecular formula is C9H14N2. The Labute approximate surface area is 68.1 Å². The summed E-state index contributed by atoms with van der Waals surface area (Å²) in [6.07, 6.45) is 5.30. The van der Waals surface area contributed by atoms with E-state index in [0.717, 1.165) is 13.0 Å². The van der Waals surface area contributed by atoms with Crippen molar-refractivity contribution in [2.24, 2.45) is 0 Å². The molecule has 2 heteroatoms. The zero-order valence-electron chi connectivity index (χ0n) is 7.01. The third kappa shape index (κ3) is 2.73. The molecule has 1 heterocycles. The zero-order chi connectivity index (χ0) is 8.10. The van der Waals surface area contributed by atoms with Crippen LogP contribution in [0, 0.1) is 11.3 Å². The number of nitriles is 1. The summed E-state index contributed by atoms with van der Waals surface area (Å²) in [5.41, 5.74) is 1.28. The number of hydrogen-bond donors (Lipinski definition) is 0. The third-order valence-electron chi connectivity index (χ3n) is 2.03. The Hall–Kier alpha value is -0.810. The fourth-order valence-corrected chi connectivity index (χ4v) is 1.45. The molecule has 1 aliphatic heterocycles. The maximum atomic E-state index is 8.45. The fourth-order valence-electron chi connectivity index (χ4n) is 1.45. The molecule has 0 N–H and O–H groups in total. The SMILES string of the molecule is CN1CCCC/C(=C/C#N)C1. The predicted octanol–water partition coefficient (Wildman–Crippen LogP) is 1.55. The first-order valence-corrected chi connectivity index (χ1v) is 4.09. The van der Waals surface area contributed by atoms with Gasteiger partial charge in [0.2, 0.25) is 0 Å². The first-order chi connectivity index (χ1) is 5.33. The summed E-state index contributed by atoms with van der Waals surface area (Å²) in [6.45, 7) is 2.15. The zero-order valence-corrected chi connectivity index (χ0v) is 7.01.